The number of nitrogens with zero attached hydrogens (tertiary/aromatic N) is 1. The number of aromatic carboxylic acids is 1. The Labute approximate surface area is 139 Å². The second kappa shape index (κ2) is 7.77. The van der Waals surface area contributed by atoms with E-state index in [1.165, 1.54) is 11.0 Å². The van der Waals surface area contributed by atoms with Gasteiger partial charge in [0, 0.05) is 21.5 Å². The quantitative estimate of drug-likeness (QED) is 0.678. The SMILES string of the molecule is CC(C)N(CCO)C(=O)Nc1c(Br)cc(Br)cc1C(=O)O. The molecule has 21 heavy (non-hydrogen) atoms. The van der Waals surface area contributed by atoms with Gasteiger partial charge >= 0.3 is 12.0 Å². The Bertz CT molecular complexity index is 549. The van der Waals surface area contributed by atoms with Crippen molar-refractivity contribution in [1.29, 1.82) is 0 Å². The van der Waals surface area contributed by atoms with E-state index < -0.39 is 12.0 Å². The van der Waals surface area contributed by atoms with Crippen molar-refractivity contribution in [3.63, 3.8) is 0 Å². The van der Waals surface area contributed by atoms with Gasteiger partial charge in [0.15, 0.2) is 0 Å². The Morgan fingerprint density at radius 1 is 1.33 bits per heavy atom. The van der Waals surface area contributed by atoms with Crippen LogP contribution in [-0.4, -0.2) is 46.3 Å². The van der Waals surface area contributed by atoms with Crippen molar-refractivity contribution in [2.75, 3.05) is 18.5 Å². The summed E-state index contributed by atoms with van der Waals surface area (Å²) >= 11 is 6.45. The van der Waals surface area contributed by atoms with Crippen molar-refractivity contribution in [3.8, 4) is 0 Å². The number of anilines is 1. The molecule has 0 fully saturated rings. The zero-order valence-electron chi connectivity index (χ0n) is 11.6. The van der Waals surface area contributed by atoms with Crippen LogP contribution in [0.3, 0.4) is 0 Å². The zero-order chi connectivity index (χ0) is 16.2. The highest BCUT2D eigenvalue weighted by Gasteiger charge is 2.21. The summed E-state index contributed by atoms with van der Waals surface area (Å²) in [5.41, 5.74) is 0.150. The third kappa shape index (κ3) is 4.69. The molecular formula is C13H16Br2N2O4. The van der Waals surface area contributed by atoms with Crippen LogP contribution in [0.2, 0.25) is 0 Å². The number of aliphatic hydroxyl groups excluding tert-OH is 1. The zero-order valence-corrected chi connectivity index (χ0v) is 14.7. The molecule has 2 amide bonds. The minimum absolute atomic E-state index is 0.0303. The van der Waals surface area contributed by atoms with Gasteiger partial charge in [-0.05, 0) is 41.9 Å². The van der Waals surface area contributed by atoms with Crippen molar-refractivity contribution >= 4 is 49.5 Å². The number of carboxylic acid groups (broad SMARTS) is 1. The first-order chi connectivity index (χ1) is 9.77. The van der Waals surface area contributed by atoms with Crippen LogP contribution in [0.1, 0.15) is 24.2 Å². The lowest BCUT2D eigenvalue weighted by Gasteiger charge is -2.26. The molecule has 6 nitrogen and oxygen atoms in total. The predicted octanol–water partition coefficient (Wildman–Crippen LogP) is 3.14. The second-order valence-corrected chi connectivity index (χ2v) is 6.33. The molecule has 0 atom stereocenters. The number of aliphatic hydroxyl groups is 1. The molecular weight excluding hydrogens is 408 g/mol. The van der Waals surface area contributed by atoms with Crippen LogP contribution in [0.5, 0.6) is 0 Å². The van der Waals surface area contributed by atoms with Gasteiger partial charge in [-0.2, -0.15) is 0 Å². The smallest absolute Gasteiger partial charge is 0.337 e. The maximum atomic E-state index is 12.2. The van der Waals surface area contributed by atoms with E-state index in [1.54, 1.807) is 6.07 Å². The summed E-state index contributed by atoms with van der Waals surface area (Å²) < 4.78 is 1.04. The van der Waals surface area contributed by atoms with Gasteiger partial charge in [0.05, 0.1) is 17.9 Å². The number of hydrogen-bond donors (Lipinski definition) is 3. The third-order valence-electron chi connectivity index (χ3n) is 2.74. The van der Waals surface area contributed by atoms with Crippen LogP contribution < -0.4 is 5.32 Å². The number of hydrogen-bond acceptors (Lipinski definition) is 3. The third-order valence-corrected chi connectivity index (χ3v) is 3.83. The molecule has 1 rings (SSSR count). The predicted molar refractivity (Wildman–Crippen MR) is 86.7 cm³/mol. The molecule has 1 aromatic rings. The Morgan fingerprint density at radius 2 is 1.95 bits per heavy atom. The summed E-state index contributed by atoms with van der Waals surface area (Å²) in [4.78, 5) is 24.9. The first-order valence-corrected chi connectivity index (χ1v) is 7.77. The Kier molecular flexibility index (Phi) is 6.63. The number of carbonyl (C=O) groups excluding carboxylic acids is 1. The van der Waals surface area contributed by atoms with Crippen LogP contribution in [0.25, 0.3) is 0 Å². The average molecular weight is 424 g/mol. The molecule has 0 aliphatic rings. The van der Waals surface area contributed by atoms with Gasteiger partial charge in [0.25, 0.3) is 0 Å². The molecule has 116 valence electrons. The van der Waals surface area contributed by atoms with Crippen molar-refractivity contribution in [2.24, 2.45) is 0 Å². The van der Waals surface area contributed by atoms with E-state index >= 15 is 0 Å². The number of benzene rings is 1. The molecule has 0 aliphatic heterocycles. The largest absolute Gasteiger partial charge is 0.478 e. The first kappa shape index (κ1) is 17.9. The lowest BCUT2D eigenvalue weighted by atomic mass is 10.2. The van der Waals surface area contributed by atoms with Gasteiger partial charge in [0.2, 0.25) is 0 Å². The minimum Gasteiger partial charge on any atom is -0.478 e. The molecule has 0 saturated carbocycles. The number of carboxylic acids is 1. The number of carbonyl (C=O) groups is 2. The number of amides is 2. The average Bonchev–Trinajstić information content (AvgIpc) is 2.37. The van der Waals surface area contributed by atoms with Gasteiger partial charge in [-0.1, -0.05) is 15.9 Å². The fourth-order valence-electron chi connectivity index (χ4n) is 1.75. The van der Waals surface area contributed by atoms with Crippen molar-refractivity contribution in [2.45, 2.75) is 19.9 Å². The summed E-state index contributed by atoms with van der Waals surface area (Å²) in [6.45, 7) is 3.62. The summed E-state index contributed by atoms with van der Waals surface area (Å²) in [5.74, 6) is -1.15. The van der Waals surface area contributed by atoms with E-state index in [4.69, 9.17) is 5.11 Å². The van der Waals surface area contributed by atoms with Crippen LogP contribution >= 0.6 is 31.9 Å². The van der Waals surface area contributed by atoms with Crippen LogP contribution in [0, 0.1) is 0 Å². The minimum atomic E-state index is -1.15. The summed E-state index contributed by atoms with van der Waals surface area (Å²) in [6, 6.07) is 2.46. The number of urea groups is 1. The normalized spacial score (nSPS) is 10.6. The van der Waals surface area contributed by atoms with E-state index in [0.29, 0.717) is 8.95 Å². The highest BCUT2D eigenvalue weighted by Crippen LogP contribution is 2.31. The van der Waals surface area contributed by atoms with Gasteiger partial charge < -0.3 is 20.4 Å². The molecule has 0 unspecified atom stereocenters. The summed E-state index contributed by atoms with van der Waals surface area (Å²) in [7, 11) is 0. The van der Waals surface area contributed by atoms with E-state index in [1.807, 2.05) is 13.8 Å². The van der Waals surface area contributed by atoms with E-state index in [0.717, 1.165) is 0 Å². The van der Waals surface area contributed by atoms with E-state index in [-0.39, 0.29) is 30.4 Å². The summed E-state index contributed by atoms with van der Waals surface area (Å²) in [5, 5.41) is 20.8. The fraction of sp³-hybridized carbons (Fsp3) is 0.385. The number of halogens is 2. The Balaban J connectivity index is 3.12. The van der Waals surface area contributed by atoms with Gasteiger partial charge in [-0.15, -0.1) is 0 Å². The topological polar surface area (TPSA) is 89.9 Å². The van der Waals surface area contributed by atoms with Crippen LogP contribution in [0.4, 0.5) is 10.5 Å². The molecule has 0 spiro atoms. The van der Waals surface area contributed by atoms with Crippen LogP contribution in [0.15, 0.2) is 21.1 Å². The highest BCUT2D eigenvalue weighted by molar-refractivity contribution is 9.11. The molecule has 0 aromatic heterocycles. The van der Waals surface area contributed by atoms with E-state index in [9.17, 15) is 14.7 Å². The first-order valence-electron chi connectivity index (χ1n) is 6.18. The standard InChI is InChI=1S/C13H16Br2N2O4/c1-7(2)17(3-4-18)13(21)16-11-9(12(19)20)5-8(14)6-10(11)15/h5-7,18H,3-4H2,1-2H3,(H,16,21)(H,19,20). The molecule has 3 N–H and O–H groups in total. The fourth-order valence-corrected chi connectivity index (χ4v) is 3.07. The van der Waals surface area contributed by atoms with E-state index in [2.05, 4.69) is 37.2 Å². The van der Waals surface area contributed by atoms with Crippen molar-refractivity contribution in [3.05, 3.63) is 26.6 Å². The molecule has 0 bridgehead atoms. The second-order valence-electron chi connectivity index (χ2n) is 4.56. The van der Waals surface area contributed by atoms with Gasteiger partial charge in [-0.3, -0.25) is 0 Å². The molecule has 0 radical (unpaired) electrons. The summed E-state index contributed by atoms with van der Waals surface area (Å²) in [6.07, 6.45) is 0. The number of rotatable bonds is 5. The lowest BCUT2D eigenvalue weighted by Crippen LogP contribution is -2.42. The van der Waals surface area contributed by atoms with Crippen molar-refractivity contribution < 1.29 is 19.8 Å². The number of nitrogens with one attached hydrogen (secondary N) is 1. The molecule has 0 heterocycles. The van der Waals surface area contributed by atoms with Gasteiger partial charge in [-0.25, -0.2) is 9.59 Å². The lowest BCUT2D eigenvalue weighted by molar-refractivity contribution is 0.0698. The highest BCUT2D eigenvalue weighted by atomic mass is 79.9. The molecule has 8 heteroatoms. The maximum Gasteiger partial charge on any atom is 0.337 e. The maximum absolute atomic E-state index is 12.2. The Hall–Kier alpha value is -1.12. The Morgan fingerprint density at radius 3 is 2.43 bits per heavy atom. The molecule has 0 saturated heterocycles. The molecule has 0 aliphatic carbocycles. The molecule has 1 aromatic carbocycles. The van der Waals surface area contributed by atoms with Crippen LogP contribution in [-0.2, 0) is 0 Å². The monoisotopic (exact) mass is 422 g/mol. The van der Waals surface area contributed by atoms with Gasteiger partial charge in [0.1, 0.15) is 0 Å². The van der Waals surface area contributed by atoms with Crippen molar-refractivity contribution in [1.82, 2.24) is 4.90 Å².